The fourth-order valence-corrected chi connectivity index (χ4v) is 3.38. The number of nitroso groups, excluding NO2 is 1. The van der Waals surface area contributed by atoms with E-state index in [1.807, 2.05) is 51.6 Å². The molecule has 0 N–H and O–H groups in total. The molecule has 0 fully saturated rings. The van der Waals surface area contributed by atoms with Crippen LogP contribution in [0.3, 0.4) is 0 Å². The van der Waals surface area contributed by atoms with Crippen LogP contribution in [0.2, 0.25) is 0 Å². The fourth-order valence-electron chi connectivity index (χ4n) is 2.78. The van der Waals surface area contributed by atoms with Crippen molar-refractivity contribution in [3.8, 4) is 0 Å². The Morgan fingerprint density at radius 3 is 2.56 bits per heavy atom. The number of aromatic nitrogens is 2. The van der Waals surface area contributed by atoms with Gasteiger partial charge in [-0.1, -0.05) is 36.4 Å². The van der Waals surface area contributed by atoms with Crippen LogP contribution in [0.15, 0.2) is 77.0 Å². The lowest BCUT2D eigenvalue weighted by atomic mass is 10.2. The van der Waals surface area contributed by atoms with Gasteiger partial charge in [0.1, 0.15) is 0 Å². The van der Waals surface area contributed by atoms with Crippen LogP contribution >= 0.6 is 22.9 Å². The Balaban J connectivity index is 1.71. The maximum absolute atomic E-state index is 12.6. The maximum atomic E-state index is 12.6. The molecule has 2 aromatic heterocycles. The SMILES string of the molecule is O=Nc1c(CN(I)CCc2ccccn2)ccn(Cc2ccccc2)c1=O. The van der Waals surface area contributed by atoms with Gasteiger partial charge in [-0.05, 0) is 28.9 Å². The fraction of sp³-hybridized carbons (Fsp3) is 0.200. The minimum atomic E-state index is -0.360. The third-order valence-corrected chi connectivity index (χ3v) is 5.01. The van der Waals surface area contributed by atoms with Gasteiger partial charge in [0.15, 0.2) is 5.69 Å². The topological polar surface area (TPSA) is 67.6 Å². The molecule has 2 heterocycles. The lowest BCUT2D eigenvalue weighted by molar-refractivity contribution is 0.506. The van der Waals surface area contributed by atoms with Crippen LogP contribution in [0.1, 0.15) is 16.8 Å². The first-order valence-corrected chi connectivity index (χ1v) is 9.54. The summed E-state index contributed by atoms with van der Waals surface area (Å²) in [4.78, 5) is 28.2. The molecule has 138 valence electrons. The number of rotatable bonds is 8. The summed E-state index contributed by atoms with van der Waals surface area (Å²) in [6, 6.07) is 17.3. The van der Waals surface area contributed by atoms with Crippen molar-refractivity contribution in [2.45, 2.75) is 19.5 Å². The van der Waals surface area contributed by atoms with Crippen LogP contribution in [0.5, 0.6) is 0 Å². The van der Waals surface area contributed by atoms with Gasteiger partial charge in [0.2, 0.25) is 0 Å². The second-order valence-electron chi connectivity index (χ2n) is 6.11. The Morgan fingerprint density at radius 2 is 1.85 bits per heavy atom. The Labute approximate surface area is 171 Å². The van der Waals surface area contributed by atoms with Crippen LogP contribution in [-0.2, 0) is 19.5 Å². The predicted octanol–water partition coefficient (Wildman–Crippen LogP) is 4.08. The number of nitrogens with zero attached hydrogens (tertiary/aromatic N) is 4. The third kappa shape index (κ3) is 5.30. The summed E-state index contributed by atoms with van der Waals surface area (Å²) in [6.45, 7) is 1.63. The van der Waals surface area contributed by atoms with Crippen molar-refractivity contribution >= 4 is 28.6 Å². The third-order valence-electron chi connectivity index (χ3n) is 4.19. The number of benzene rings is 1. The van der Waals surface area contributed by atoms with Gasteiger partial charge in [0, 0.05) is 66.0 Å². The van der Waals surface area contributed by atoms with Crippen molar-refractivity contribution in [1.29, 1.82) is 0 Å². The van der Waals surface area contributed by atoms with Gasteiger partial charge in [0.25, 0.3) is 5.56 Å². The molecule has 6 nitrogen and oxygen atoms in total. The van der Waals surface area contributed by atoms with Gasteiger partial charge in [-0.15, -0.1) is 4.91 Å². The summed E-state index contributed by atoms with van der Waals surface area (Å²) in [5, 5.41) is 3.02. The van der Waals surface area contributed by atoms with Crippen LogP contribution in [0.25, 0.3) is 0 Å². The van der Waals surface area contributed by atoms with E-state index < -0.39 is 0 Å². The Morgan fingerprint density at radius 1 is 1.07 bits per heavy atom. The molecular weight excluding hydrogens is 455 g/mol. The zero-order valence-corrected chi connectivity index (χ0v) is 16.8. The number of halogens is 1. The highest BCUT2D eigenvalue weighted by Crippen LogP contribution is 2.18. The molecule has 0 radical (unpaired) electrons. The van der Waals surface area contributed by atoms with E-state index in [9.17, 15) is 9.70 Å². The smallest absolute Gasteiger partial charge is 0.280 e. The summed E-state index contributed by atoms with van der Waals surface area (Å²) in [6.07, 6.45) is 4.29. The minimum absolute atomic E-state index is 0.0204. The second-order valence-corrected chi connectivity index (χ2v) is 7.48. The van der Waals surface area contributed by atoms with E-state index in [0.717, 1.165) is 24.2 Å². The van der Waals surface area contributed by atoms with E-state index in [1.54, 1.807) is 18.5 Å². The van der Waals surface area contributed by atoms with Crippen LogP contribution in [0, 0.1) is 4.91 Å². The van der Waals surface area contributed by atoms with Crippen molar-refractivity contribution in [3.63, 3.8) is 0 Å². The van der Waals surface area contributed by atoms with E-state index in [-0.39, 0.29) is 11.2 Å². The Kier molecular flexibility index (Phi) is 6.83. The molecule has 0 atom stereocenters. The van der Waals surface area contributed by atoms with Crippen LogP contribution < -0.4 is 5.56 Å². The average molecular weight is 474 g/mol. The summed E-state index contributed by atoms with van der Waals surface area (Å²) < 4.78 is 3.54. The average Bonchev–Trinajstić information content (AvgIpc) is 2.70. The first-order chi connectivity index (χ1) is 13.2. The van der Waals surface area contributed by atoms with Crippen molar-refractivity contribution in [2.75, 3.05) is 6.54 Å². The molecule has 3 rings (SSSR count). The van der Waals surface area contributed by atoms with Crippen molar-refractivity contribution in [1.82, 2.24) is 12.7 Å². The van der Waals surface area contributed by atoms with Crippen molar-refractivity contribution in [3.05, 3.63) is 99.1 Å². The highest BCUT2D eigenvalue weighted by atomic mass is 127. The molecule has 7 heteroatoms. The summed E-state index contributed by atoms with van der Waals surface area (Å²) in [5.41, 5.74) is 2.25. The van der Waals surface area contributed by atoms with E-state index >= 15 is 0 Å². The highest BCUT2D eigenvalue weighted by Gasteiger charge is 2.14. The molecule has 1 aromatic carbocycles. The Bertz CT molecular complexity index is 945. The first-order valence-electron chi connectivity index (χ1n) is 8.57. The maximum Gasteiger partial charge on any atom is 0.280 e. The second kappa shape index (κ2) is 9.52. The van der Waals surface area contributed by atoms with E-state index in [2.05, 4.69) is 33.0 Å². The van der Waals surface area contributed by atoms with E-state index in [0.29, 0.717) is 18.7 Å². The van der Waals surface area contributed by atoms with Gasteiger partial charge in [-0.3, -0.25) is 9.78 Å². The molecule has 0 aliphatic carbocycles. The number of pyridine rings is 2. The van der Waals surface area contributed by atoms with E-state index in [4.69, 9.17) is 0 Å². The van der Waals surface area contributed by atoms with Crippen molar-refractivity contribution in [2.24, 2.45) is 5.18 Å². The van der Waals surface area contributed by atoms with Gasteiger partial charge >= 0.3 is 0 Å². The minimum Gasteiger partial charge on any atom is -0.309 e. The molecule has 0 unspecified atom stereocenters. The van der Waals surface area contributed by atoms with Crippen molar-refractivity contribution < 1.29 is 0 Å². The highest BCUT2D eigenvalue weighted by molar-refractivity contribution is 14.1. The molecule has 0 saturated heterocycles. The lowest BCUT2D eigenvalue weighted by Gasteiger charge is -2.15. The molecular formula is C20H19IN4O2. The first kappa shape index (κ1) is 19.4. The summed E-state index contributed by atoms with van der Waals surface area (Å²) in [7, 11) is 0. The molecule has 0 aliphatic rings. The quantitative estimate of drug-likeness (QED) is 0.280. The van der Waals surface area contributed by atoms with Gasteiger partial charge in [-0.25, -0.2) is 3.11 Å². The number of hydrogen-bond acceptors (Lipinski definition) is 5. The van der Waals surface area contributed by atoms with E-state index in [1.165, 1.54) is 4.57 Å². The zero-order valence-electron chi connectivity index (χ0n) is 14.7. The molecule has 0 spiro atoms. The standard InChI is InChI=1S/C20H19IN4O2/c21-25(13-10-18-8-4-5-11-22-18)15-17-9-12-24(20(26)19(17)23-27)14-16-6-2-1-3-7-16/h1-9,11-12H,10,13-15H2. The molecule has 0 aliphatic heterocycles. The number of hydrogen-bond donors (Lipinski definition) is 0. The summed E-state index contributed by atoms with van der Waals surface area (Å²) in [5.74, 6) is 0. The van der Waals surface area contributed by atoms with Gasteiger partial charge in [-0.2, -0.15) is 0 Å². The monoisotopic (exact) mass is 474 g/mol. The summed E-state index contributed by atoms with van der Waals surface area (Å²) >= 11 is 2.20. The van der Waals surface area contributed by atoms with Crippen LogP contribution in [-0.4, -0.2) is 19.2 Å². The molecule has 0 bridgehead atoms. The largest absolute Gasteiger partial charge is 0.309 e. The molecule has 0 saturated carbocycles. The van der Waals surface area contributed by atoms with Crippen LogP contribution in [0.4, 0.5) is 5.69 Å². The molecule has 27 heavy (non-hydrogen) atoms. The van der Waals surface area contributed by atoms with Gasteiger partial charge in [0.05, 0.1) is 6.54 Å². The normalized spacial score (nSPS) is 10.9. The Hall–Kier alpha value is -2.39. The van der Waals surface area contributed by atoms with Gasteiger partial charge < -0.3 is 4.57 Å². The zero-order chi connectivity index (χ0) is 19.1. The molecule has 3 aromatic rings. The lowest BCUT2D eigenvalue weighted by Crippen LogP contribution is -2.23. The molecule has 0 amide bonds. The predicted molar refractivity (Wildman–Crippen MR) is 114 cm³/mol.